The topological polar surface area (TPSA) is 72.6 Å². The van der Waals surface area contributed by atoms with Crippen LogP contribution in [0.2, 0.25) is 0 Å². The Bertz CT molecular complexity index is 1210. The standard InChI is InChI=1S/C29H27NO4/c31-29(32)27(33-26-17-9-15-20-10-7-8-16-24(20)26)19-23-18-25(30-34-23)28(21-11-3-1-4-12-21)22-13-5-2-6-14-22/h1-6,9,11-15,17-18,27-28H,7-8,10,16,19H2,(H,31,32). The number of rotatable bonds is 8. The minimum absolute atomic E-state index is 0.0995. The zero-order chi connectivity index (χ0) is 23.3. The molecule has 1 unspecified atom stereocenters. The van der Waals surface area contributed by atoms with Crippen LogP contribution in [0.15, 0.2) is 89.5 Å². The van der Waals surface area contributed by atoms with Gasteiger partial charge in [0.2, 0.25) is 6.10 Å². The van der Waals surface area contributed by atoms with E-state index in [0.29, 0.717) is 11.5 Å². The van der Waals surface area contributed by atoms with Crippen LogP contribution in [0.3, 0.4) is 0 Å². The number of aromatic nitrogens is 1. The van der Waals surface area contributed by atoms with Crippen molar-refractivity contribution in [3.05, 3.63) is 119 Å². The predicted octanol–water partition coefficient (Wildman–Crippen LogP) is 5.81. The van der Waals surface area contributed by atoms with E-state index in [0.717, 1.165) is 48.1 Å². The maximum Gasteiger partial charge on any atom is 0.345 e. The molecule has 172 valence electrons. The van der Waals surface area contributed by atoms with E-state index in [4.69, 9.17) is 9.26 Å². The van der Waals surface area contributed by atoms with Crippen molar-refractivity contribution in [1.82, 2.24) is 5.16 Å². The number of hydrogen-bond donors (Lipinski definition) is 1. The first-order chi connectivity index (χ1) is 16.7. The molecule has 1 atom stereocenters. The van der Waals surface area contributed by atoms with E-state index in [9.17, 15) is 9.90 Å². The number of fused-ring (bicyclic) bond motifs is 1. The summed E-state index contributed by atoms with van der Waals surface area (Å²) in [4.78, 5) is 12.1. The van der Waals surface area contributed by atoms with Crippen LogP contribution in [-0.4, -0.2) is 22.3 Å². The van der Waals surface area contributed by atoms with Crippen molar-refractivity contribution in [3.63, 3.8) is 0 Å². The SMILES string of the molecule is O=C(O)C(Cc1cc(C(c2ccccc2)c2ccccc2)no1)Oc1cccc2c1CCCC2. The molecule has 0 radical (unpaired) electrons. The molecular weight excluding hydrogens is 426 g/mol. The lowest BCUT2D eigenvalue weighted by Crippen LogP contribution is -2.30. The molecule has 0 saturated heterocycles. The number of nitrogens with zero attached hydrogens (tertiary/aromatic N) is 1. The van der Waals surface area contributed by atoms with Crippen LogP contribution in [0.25, 0.3) is 0 Å². The number of carboxylic acids is 1. The lowest BCUT2D eigenvalue weighted by Gasteiger charge is -2.21. The Kier molecular flexibility index (Phi) is 6.43. The van der Waals surface area contributed by atoms with Crippen molar-refractivity contribution in [2.24, 2.45) is 0 Å². The molecule has 3 aromatic carbocycles. The maximum atomic E-state index is 12.1. The lowest BCUT2D eigenvalue weighted by atomic mass is 9.88. The number of ether oxygens (including phenoxy) is 1. The number of aliphatic carboxylic acids is 1. The summed E-state index contributed by atoms with van der Waals surface area (Å²) in [6.45, 7) is 0. The van der Waals surface area contributed by atoms with E-state index in [-0.39, 0.29) is 12.3 Å². The fourth-order valence-electron chi connectivity index (χ4n) is 4.76. The van der Waals surface area contributed by atoms with Crippen molar-refractivity contribution in [2.45, 2.75) is 44.1 Å². The van der Waals surface area contributed by atoms with Gasteiger partial charge in [0.25, 0.3) is 0 Å². The van der Waals surface area contributed by atoms with Crippen molar-refractivity contribution in [1.29, 1.82) is 0 Å². The zero-order valence-electron chi connectivity index (χ0n) is 18.9. The third-order valence-electron chi connectivity index (χ3n) is 6.42. The summed E-state index contributed by atoms with van der Waals surface area (Å²) >= 11 is 0. The van der Waals surface area contributed by atoms with Crippen LogP contribution in [-0.2, 0) is 24.1 Å². The second-order valence-electron chi connectivity index (χ2n) is 8.72. The van der Waals surface area contributed by atoms with Crippen LogP contribution < -0.4 is 4.74 Å². The zero-order valence-corrected chi connectivity index (χ0v) is 18.9. The molecule has 34 heavy (non-hydrogen) atoms. The molecule has 0 aliphatic heterocycles. The molecule has 0 bridgehead atoms. The van der Waals surface area contributed by atoms with E-state index in [1.54, 1.807) is 0 Å². The summed E-state index contributed by atoms with van der Waals surface area (Å²) in [7, 11) is 0. The summed E-state index contributed by atoms with van der Waals surface area (Å²) in [5.41, 5.74) is 5.31. The van der Waals surface area contributed by atoms with Crippen molar-refractivity contribution in [2.75, 3.05) is 0 Å². The Morgan fingerprint density at radius 1 is 0.912 bits per heavy atom. The fraction of sp³-hybridized carbons (Fsp3) is 0.241. The maximum absolute atomic E-state index is 12.1. The first kappa shape index (κ1) is 22.0. The van der Waals surface area contributed by atoms with E-state index in [1.165, 1.54) is 5.56 Å². The van der Waals surface area contributed by atoms with Crippen LogP contribution >= 0.6 is 0 Å². The number of carbonyl (C=O) groups is 1. The molecule has 1 aliphatic rings. The first-order valence-corrected chi connectivity index (χ1v) is 11.7. The molecule has 1 N–H and O–H groups in total. The molecule has 5 rings (SSSR count). The van der Waals surface area contributed by atoms with Gasteiger partial charge in [0.05, 0.1) is 18.0 Å². The second kappa shape index (κ2) is 9.96. The van der Waals surface area contributed by atoms with E-state index < -0.39 is 12.1 Å². The Morgan fingerprint density at radius 3 is 2.26 bits per heavy atom. The van der Waals surface area contributed by atoms with Gasteiger partial charge in [-0.25, -0.2) is 4.79 Å². The van der Waals surface area contributed by atoms with Gasteiger partial charge in [-0.3, -0.25) is 0 Å². The van der Waals surface area contributed by atoms with Crippen molar-refractivity contribution < 1.29 is 19.2 Å². The molecule has 1 aliphatic carbocycles. The lowest BCUT2D eigenvalue weighted by molar-refractivity contribution is -0.145. The average Bonchev–Trinajstić information content (AvgIpc) is 3.33. The highest BCUT2D eigenvalue weighted by Gasteiger charge is 2.27. The molecule has 0 fully saturated rings. The normalized spacial score (nSPS) is 13.9. The fourth-order valence-corrected chi connectivity index (χ4v) is 4.76. The molecule has 0 spiro atoms. The number of carboxylic acid groups (broad SMARTS) is 1. The smallest absolute Gasteiger partial charge is 0.345 e. The largest absolute Gasteiger partial charge is 0.478 e. The van der Waals surface area contributed by atoms with Crippen LogP contribution in [0, 0.1) is 0 Å². The summed E-state index contributed by atoms with van der Waals surface area (Å²) < 4.78 is 11.7. The number of benzene rings is 3. The summed E-state index contributed by atoms with van der Waals surface area (Å²) in [6, 6.07) is 28.0. The van der Waals surface area contributed by atoms with Gasteiger partial charge in [-0.2, -0.15) is 0 Å². The highest BCUT2D eigenvalue weighted by molar-refractivity contribution is 5.73. The summed E-state index contributed by atoms with van der Waals surface area (Å²) in [5.74, 6) is 0.0270. The van der Waals surface area contributed by atoms with Gasteiger partial charge >= 0.3 is 5.97 Å². The van der Waals surface area contributed by atoms with Gasteiger partial charge in [-0.1, -0.05) is 78.0 Å². The third kappa shape index (κ3) is 4.74. The monoisotopic (exact) mass is 453 g/mol. The predicted molar refractivity (Wildman–Crippen MR) is 129 cm³/mol. The van der Waals surface area contributed by atoms with E-state index >= 15 is 0 Å². The molecule has 0 saturated carbocycles. The minimum Gasteiger partial charge on any atom is -0.478 e. The van der Waals surface area contributed by atoms with E-state index in [2.05, 4.69) is 35.5 Å². The highest BCUT2D eigenvalue weighted by Crippen LogP contribution is 2.33. The highest BCUT2D eigenvalue weighted by atomic mass is 16.5. The molecule has 1 heterocycles. The van der Waals surface area contributed by atoms with Crippen LogP contribution in [0.1, 0.15) is 52.5 Å². The van der Waals surface area contributed by atoms with Gasteiger partial charge in [0.1, 0.15) is 11.5 Å². The minimum atomic E-state index is -1.05. The van der Waals surface area contributed by atoms with Gasteiger partial charge < -0.3 is 14.4 Å². The third-order valence-corrected chi connectivity index (χ3v) is 6.42. The average molecular weight is 454 g/mol. The second-order valence-corrected chi connectivity index (χ2v) is 8.72. The molecule has 0 amide bonds. The van der Waals surface area contributed by atoms with Gasteiger partial charge in [-0.05, 0) is 54.0 Å². The molecule has 4 aromatic rings. The van der Waals surface area contributed by atoms with Crippen molar-refractivity contribution in [3.8, 4) is 5.75 Å². The van der Waals surface area contributed by atoms with Gasteiger partial charge in [-0.15, -0.1) is 0 Å². The Morgan fingerprint density at radius 2 is 1.59 bits per heavy atom. The first-order valence-electron chi connectivity index (χ1n) is 11.7. The number of hydrogen-bond acceptors (Lipinski definition) is 4. The van der Waals surface area contributed by atoms with Crippen molar-refractivity contribution >= 4 is 5.97 Å². The Hall–Kier alpha value is -3.86. The quantitative estimate of drug-likeness (QED) is 0.365. The molecular formula is C29H27NO4. The van der Waals surface area contributed by atoms with E-state index in [1.807, 2.05) is 54.6 Å². The van der Waals surface area contributed by atoms with Gasteiger partial charge in [0, 0.05) is 6.07 Å². The van der Waals surface area contributed by atoms with Crippen LogP contribution in [0.5, 0.6) is 5.75 Å². The Labute approximate surface area is 199 Å². The molecule has 5 nitrogen and oxygen atoms in total. The number of aryl methyl sites for hydroxylation is 1. The summed E-state index contributed by atoms with van der Waals surface area (Å²) in [5, 5.41) is 14.2. The van der Waals surface area contributed by atoms with Gasteiger partial charge in [0.15, 0.2) is 0 Å². The molecule has 1 aromatic heterocycles. The molecule has 5 heteroatoms. The van der Waals surface area contributed by atoms with Crippen LogP contribution in [0.4, 0.5) is 0 Å². The summed E-state index contributed by atoms with van der Waals surface area (Å²) in [6.07, 6.45) is 3.22. The Balaban J connectivity index is 1.40.